The summed E-state index contributed by atoms with van der Waals surface area (Å²) in [5.41, 5.74) is 5.73. The maximum Gasteiger partial charge on any atom is 0.407 e. The van der Waals surface area contributed by atoms with Crippen molar-refractivity contribution in [2.45, 2.75) is 96.1 Å². The summed E-state index contributed by atoms with van der Waals surface area (Å²) >= 11 is 0. The monoisotopic (exact) mass is 824 g/mol. The average molecular weight is 825 g/mol. The van der Waals surface area contributed by atoms with Gasteiger partial charge in [0.1, 0.15) is 23.7 Å². The number of amides is 4. The van der Waals surface area contributed by atoms with Crippen molar-refractivity contribution in [2.75, 3.05) is 14.2 Å². The van der Waals surface area contributed by atoms with Gasteiger partial charge in [0.25, 0.3) is 0 Å². The Bertz CT molecular complexity index is 2760. The standard InChI is InChI=1S/C47H52N8O6/c1-22(2)37(52-46(58)60-5)44(56)54-30-12-7-28(19-30)41(54)43-49-34-16-11-27-18-25(9-14-32(27)40(34)51-43)24-8-13-31-26(17-24)10-15-33-39(31)50-42(48-33)36-21-29-20-35(29)55(36)45(57)38(23(3)4)53-47(59)61-6/h8-11,13-18,22-23,28-30,35-38,41H,7,12,19-21H2,1-6H3,(H,48,50)(H,49,51)(H,52,58)(H,53,59)/t28?,29-,30-,35-,36+,37?,38+,41+/m1/s1. The molecule has 2 saturated heterocycles. The normalized spacial score (nSPS) is 23.9. The Labute approximate surface area is 353 Å². The minimum absolute atomic E-state index is 0.0914. The highest BCUT2D eigenvalue weighted by atomic mass is 16.5. The van der Waals surface area contributed by atoms with Crippen LogP contribution in [0, 0.1) is 23.7 Å². The molecular formula is C47H52N8O6. The lowest BCUT2D eigenvalue weighted by Gasteiger charge is -2.37. The minimum Gasteiger partial charge on any atom is -0.453 e. The van der Waals surface area contributed by atoms with E-state index in [1.807, 2.05) is 37.5 Å². The van der Waals surface area contributed by atoms with E-state index in [0.29, 0.717) is 11.8 Å². The Balaban J connectivity index is 0.926. The SMILES string of the molecule is COC(=O)NC(C(=O)N1[C@@H]2CCC(C2)[C@H]1c1nc2c(ccc3cc(-c4ccc5c(ccc6[nH]c([C@@H]7C[C@H]8C[C@H]8N7C(=O)[C@@H](NC(=O)OC)C(C)C)nc65)c4)ccc32)[nH]1)C(C)C. The quantitative estimate of drug-likeness (QED) is 0.114. The minimum atomic E-state index is -0.691. The van der Waals surface area contributed by atoms with Crippen LogP contribution >= 0.6 is 0 Å². The van der Waals surface area contributed by atoms with Gasteiger partial charge in [0.2, 0.25) is 11.8 Å². The van der Waals surface area contributed by atoms with E-state index < -0.39 is 24.3 Å². The summed E-state index contributed by atoms with van der Waals surface area (Å²) in [5, 5.41) is 9.72. The first kappa shape index (κ1) is 39.0. The van der Waals surface area contributed by atoms with Gasteiger partial charge >= 0.3 is 12.2 Å². The number of likely N-dealkylation sites (tertiary alicyclic amines) is 2. The lowest BCUT2D eigenvalue weighted by atomic mass is 9.95. The highest BCUT2D eigenvalue weighted by Crippen LogP contribution is 2.54. The number of alkyl carbamates (subject to hydrolysis) is 2. The highest BCUT2D eigenvalue weighted by molar-refractivity contribution is 6.07. The summed E-state index contributed by atoms with van der Waals surface area (Å²) < 4.78 is 9.69. The van der Waals surface area contributed by atoms with E-state index in [1.165, 1.54) is 14.2 Å². The number of aromatic nitrogens is 4. The molecule has 4 heterocycles. The van der Waals surface area contributed by atoms with E-state index >= 15 is 0 Å². The number of piperidine rings is 2. The van der Waals surface area contributed by atoms with E-state index in [0.717, 1.165) is 98.5 Å². The number of nitrogens with one attached hydrogen (secondary N) is 4. The second kappa shape index (κ2) is 14.8. The van der Waals surface area contributed by atoms with E-state index in [-0.39, 0.29) is 47.8 Å². The molecule has 14 heteroatoms. The Hall–Kier alpha value is -6.18. The van der Waals surface area contributed by atoms with Crippen LogP contribution in [0.15, 0.2) is 60.7 Å². The van der Waals surface area contributed by atoms with Crippen molar-refractivity contribution in [3.8, 4) is 11.1 Å². The van der Waals surface area contributed by atoms with Gasteiger partial charge < -0.3 is 39.9 Å². The fraction of sp³-hybridized carbons (Fsp3) is 0.447. The zero-order valence-electron chi connectivity index (χ0n) is 35.3. The molecule has 316 valence electrons. The lowest BCUT2D eigenvalue weighted by Crippen LogP contribution is -2.54. The molecule has 0 spiro atoms. The first-order chi connectivity index (χ1) is 29.4. The molecule has 2 unspecified atom stereocenters. The summed E-state index contributed by atoms with van der Waals surface area (Å²) in [7, 11) is 2.62. The molecule has 2 saturated carbocycles. The molecule has 4 aliphatic rings. The molecule has 4 fully saturated rings. The number of nitrogens with zero attached hydrogens (tertiary/aromatic N) is 4. The van der Waals surface area contributed by atoms with Crippen LogP contribution < -0.4 is 10.6 Å². The number of methoxy groups -OCH3 is 2. The van der Waals surface area contributed by atoms with Gasteiger partial charge in [-0.05, 0) is 102 Å². The number of fused-ring (bicyclic) bond motifs is 9. The molecule has 61 heavy (non-hydrogen) atoms. The van der Waals surface area contributed by atoms with Crippen LogP contribution in [0.25, 0.3) is 54.7 Å². The number of aromatic amines is 2. The largest absolute Gasteiger partial charge is 0.453 e. The fourth-order valence-electron chi connectivity index (χ4n) is 10.7. The van der Waals surface area contributed by atoms with Gasteiger partial charge in [-0.2, -0.15) is 0 Å². The summed E-state index contributed by atoms with van der Waals surface area (Å²) in [4.78, 5) is 73.8. The van der Waals surface area contributed by atoms with Crippen LogP contribution in [0.2, 0.25) is 0 Å². The summed E-state index contributed by atoms with van der Waals surface area (Å²) in [6, 6.07) is 19.8. The number of benzene rings is 4. The molecule has 2 aliphatic carbocycles. The number of ether oxygens (including phenoxy) is 2. The van der Waals surface area contributed by atoms with E-state index in [1.54, 1.807) is 0 Å². The summed E-state index contributed by atoms with van der Waals surface area (Å²) in [6.45, 7) is 7.73. The van der Waals surface area contributed by atoms with Crippen molar-refractivity contribution in [3.63, 3.8) is 0 Å². The Morgan fingerprint density at radius 3 is 1.75 bits per heavy atom. The molecule has 2 aromatic heterocycles. The van der Waals surface area contributed by atoms with Crippen LogP contribution in [-0.2, 0) is 19.1 Å². The first-order valence-corrected chi connectivity index (χ1v) is 21.6. The Kier molecular flexibility index (Phi) is 9.44. The second-order valence-electron chi connectivity index (χ2n) is 18.2. The van der Waals surface area contributed by atoms with Gasteiger partial charge in [-0.1, -0.05) is 64.1 Å². The average Bonchev–Trinajstić information content (AvgIpc) is 3.85. The maximum atomic E-state index is 14.1. The number of H-pyrrole nitrogens is 2. The van der Waals surface area contributed by atoms with Gasteiger partial charge in [0.15, 0.2) is 0 Å². The third-order valence-corrected chi connectivity index (χ3v) is 13.9. The van der Waals surface area contributed by atoms with Crippen LogP contribution in [0.4, 0.5) is 9.59 Å². The third kappa shape index (κ3) is 6.53. The third-order valence-electron chi connectivity index (χ3n) is 13.9. The Morgan fingerprint density at radius 1 is 0.656 bits per heavy atom. The lowest BCUT2D eigenvalue weighted by molar-refractivity contribution is -0.139. The smallest absolute Gasteiger partial charge is 0.407 e. The molecule has 8 atom stereocenters. The summed E-state index contributed by atoms with van der Waals surface area (Å²) in [6.07, 6.45) is 3.50. The topological polar surface area (TPSA) is 175 Å². The molecule has 4 N–H and O–H groups in total. The zero-order valence-corrected chi connectivity index (χ0v) is 35.3. The van der Waals surface area contributed by atoms with Crippen LogP contribution in [0.5, 0.6) is 0 Å². The van der Waals surface area contributed by atoms with Crippen molar-refractivity contribution in [1.29, 1.82) is 0 Å². The molecule has 4 aromatic carbocycles. The molecule has 0 radical (unpaired) electrons. The second-order valence-corrected chi connectivity index (χ2v) is 18.2. The van der Waals surface area contributed by atoms with Crippen LogP contribution in [-0.4, -0.2) is 92.1 Å². The fourth-order valence-corrected chi connectivity index (χ4v) is 10.7. The number of carbonyl (C=O) groups is 4. The van der Waals surface area contributed by atoms with Crippen molar-refractivity contribution in [1.82, 2.24) is 40.4 Å². The molecule has 2 aliphatic heterocycles. The first-order valence-electron chi connectivity index (χ1n) is 21.6. The van der Waals surface area contributed by atoms with Crippen molar-refractivity contribution >= 4 is 67.6 Å². The number of rotatable bonds is 9. The van der Waals surface area contributed by atoms with E-state index in [4.69, 9.17) is 19.4 Å². The Morgan fingerprint density at radius 2 is 1.20 bits per heavy atom. The predicted octanol–water partition coefficient (Wildman–Crippen LogP) is 7.89. The maximum absolute atomic E-state index is 14.1. The van der Waals surface area contributed by atoms with Crippen LogP contribution in [0.1, 0.15) is 83.5 Å². The molecule has 14 nitrogen and oxygen atoms in total. The van der Waals surface area contributed by atoms with Gasteiger partial charge in [-0.25, -0.2) is 19.6 Å². The van der Waals surface area contributed by atoms with Crippen LogP contribution in [0.3, 0.4) is 0 Å². The molecule has 6 aromatic rings. The molecule has 2 bridgehead atoms. The van der Waals surface area contributed by atoms with Gasteiger partial charge in [-0.15, -0.1) is 0 Å². The zero-order chi connectivity index (χ0) is 42.4. The number of hydrogen-bond acceptors (Lipinski definition) is 8. The van der Waals surface area contributed by atoms with Crippen molar-refractivity contribution in [3.05, 3.63) is 72.3 Å². The predicted molar refractivity (Wildman–Crippen MR) is 231 cm³/mol. The molecule has 4 amide bonds. The van der Waals surface area contributed by atoms with Crippen molar-refractivity contribution in [2.24, 2.45) is 23.7 Å². The highest BCUT2D eigenvalue weighted by Gasteiger charge is 2.56. The van der Waals surface area contributed by atoms with E-state index in [9.17, 15) is 19.2 Å². The number of hydrogen-bond donors (Lipinski definition) is 4. The van der Waals surface area contributed by atoms with Gasteiger partial charge in [0, 0.05) is 22.9 Å². The molecular weight excluding hydrogens is 773 g/mol. The molecule has 10 rings (SSSR count). The van der Waals surface area contributed by atoms with Gasteiger partial charge in [-0.3, -0.25) is 9.59 Å². The van der Waals surface area contributed by atoms with Crippen molar-refractivity contribution < 1.29 is 28.7 Å². The summed E-state index contributed by atoms with van der Waals surface area (Å²) in [5.74, 6) is 1.88. The number of carbonyl (C=O) groups excluding carboxylic acids is 4. The number of imidazole rings is 2. The van der Waals surface area contributed by atoms with Gasteiger partial charge in [0.05, 0.1) is 48.4 Å². The van der Waals surface area contributed by atoms with E-state index in [2.05, 4.69) is 81.3 Å².